The van der Waals surface area contributed by atoms with E-state index in [0.717, 1.165) is 31.5 Å². The second kappa shape index (κ2) is 9.58. The van der Waals surface area contributed by atoms with Gasteiger partial charge in [-0.2, -0.15) is 4.98 Å². The zero-order valence-corrected chi connectivity index (χ0v) is 18.4. The fourth-order valence-electron chi connectivity index (χ4n) is 3.91. The van der Waals surface area contributed by atoms with Crippen molar-refractivity contribution in [1.29, 1.82) is 0 Å². The number of nitrogens with zero attached hydrogens (tertiary/aromatic N) is 2. The van der Waals surface area contributed by atoms with Crippen LogP contribution in [0.5, 0.6) is 5.75 Å². The second-order valence-electron chi connectivity index (χ2n) is 7.45. The van der Waals surface area contributed by atoms with Crippen LogP contribution >= 0.6 is 11.6 Å². The number of piperidine rings is 1. The second-order valence-corrected chi connectivity index (χ2v) is 7.86. The van der Waals surface area contributed by atoms with Crippen molar-refractivity contribution in [2.75, 3.05) is 31.7 Å². The number of rotatable bonds is 7. The van der Waals surface area contributed by atoms with Crippen molar-refractivity contribution < 1.29 is 18.7 Å². The summed E-state index contributed by atoms with van der Waals surface area (Å²) in [5, 5.41) is 3.99. The van der Waals surface area contributed by atoms with Gasteiger partial charge < -0.3 is 24.1 Å². The minimum Gasteiger partial charge on any atom is -0.492 e. The summed E-state index contributed by atoms with van der Waals surface area (Å²) >= 11 is 6.27. The number of halogens is 1. The molecule has 0 bridgehead atoms. The quantitative estimate of drug-likeness (QED) is 0.541. The minimum atomic E-state index is -0.444. The van der Waals surface area contributed by atoms with E-state index in [0.29, 0.717) is 46.6 Å². The van der Waals surface area contributed by atoms with Crippen molar-refractivity contribution in [3.05, 3.63) is 52.5 Å². The summed E-state index contributed by atoms with van der Waals surface area (Å²) in [7, 11) is 1.36. The maximum absolute atomic E-state index is 12.2. The number of oxazole rings is 1. The number of carbonyl (C=O) groups excluding carboxylic acids is 1. The Hall–Kier alpha value is -2.77. The Bertz CT molecular complexity index is 1060. The monoisotopic (exact) mass is 443 g/mol. The number of carbonyl (C=O) groups is 1. The molecule has 0 amide bonds. The van der Waals surface area contributed by atoms with E-state index in [-0.39, 0.29) is 6.04 Å². The molecule has 3 aromatic rings. The number of benzene rings is 2. The maximum Gasteiger partial charge on any atom is 0.341 e. The molecule has 31 heavy (non-hydrogen) atoms. The Morgan fingerprint density at radius 1 is 1.29 bits per heavy atom. The van der Waals surface area contributed by atoms with E-state index >= 15 is 0 Å². The highest BCUT2D eigenvalue weighted by Crippen LogP contribution is 2.31. The first-order valence-corrected chi connectivity index (χ1v) is 10.8. The molecule has 2 heterocycles. The summed E-state index contributed by atoms with van der Waals surface area (Å²) in [5.41, 5.74) is 2.48. The third kappa shape index (κ3) is 4.62. The van der Waals surface area contributed by atoms with Crippen molar-refractivity contribution >= 4 is 34.7 Å². The van der Waals surface area contributed by atoms with Crippen LogP contribution in [0.1, 0.15) is 35.7 Å². The standard InChI is InChI=1S/C23H26ClN3O4/c1-3-30-20-13-15(7-8-18(20)24)14-27(16-9-11-25-12-10-16)23-26-19-6-4-5-17(21(19)31-23)22(28)29-2/h4-8,13,16,25H,3,9-12,14H2,1-2H3. The highest BCUT2D eigenvalue weighted by molar-refractivity contribution is 6.32. The van der Waals surface area contributed by atoms with E-state index < -0.39 is 5.97 Å². The molecule has 1 fully saturated rings. The number of esters is 1. The molecule has 1 aliphatic rings. The number of para-hydroxylation sites is 1. The topological polar surface area (TPSA) is 76.8 Å². The predicted molar refractivity (Wildman–Crippen MR) is 120 cm³/mol. The van der Waals surface area contributed by atoms with E-state index in [4.69, 9.17) is 30.5 Å². The Labute approximate surface area is 186 Å². The molecule has 0 aliphatic carbocycles. The summed E-state index contributed by atoms with van der Waals surface area (Å²) in [5.74, 6) is 0.221. The largest absolute Gasteiger partial charge is 0.492 e. The highest BCUT2D eigenvalue weighted by Gasteiger charge is 2.27. The van der Waals surface area contributed by atoms with Crippen LogP contribution in [-0.2, 0) is 11.3 Å². The van der Waals surface area contributed by atoms with Crippen LogP contribution in [0.2, 0.25) is 5.02 Å². The van der Waals surface area contributed by atoms with Gasteiger partial charge in [-0.3, -0.25) is 0 Å². The third-order valence-corrected chi connectivity index (χ3v) is 5.76. The van der Waals surface area contributed by atoms with Gasteiger partial charge in [-0.1, -0.05) is 23.7 Å². The van der Waals surface area contributed by atoms with E-state index in [1.54, 1.807) is 12.1 Å². The van der Waals surface area contributed by atoms with Crippen molar-refractivity contribution in [1.82, 2.24) is 10.3 Å². The van der Waals surface area contributed by atoms with E-state index in [1.807, 2.05) is 31.2 Å². The molecule has 1 N–H and O–H groups in total. The molecular weight excluding hydrogens is 418 g/mol. The number of aromatic nitrogens is 1. The van der Waals surface area contributed by atoms with Crippen LogP contribution in [0.15, 0.2) is 40.8 Å². The zero-order valence-electron chi connectivity index (χ0n) is 17.7. The molecule has 1 saturated heterocycles. The van der Waals surface area contributed by atoms with Crippen LogP contribution in [0.3, 0.4) is 0 Å². The molecule has 8 heteroatoms. The summed E-state index contributed by atoms with van der Waals surface area (Å²) in [6.07, 6.45) is 1.93. The van der Waals surface area contributed by atoms with Gasteiger partial charge in [0, 0.05) is 12.6 Å². The van der Waals surface area contributed by atoms with Crippen LogP contribution in [0.25, 0.3) is 11.1 Å². The zero-order chi connectivity index (χ0) is 21.8. The van der Waals surface area contributed by atoms with E-state index in [9.17, 15) is 4.79 Å². The van der Waals surface area contributed by atoms with Crippen molar-refractivity contribution in [2.24, 2.45) is 0 Å². The van der Waals surface area contributed by atoms with Crippen LogP contribution < -0.4 is 15.0 Å². The lowest BCUT2D eigenvalue weighted by atomic mass is 10.0. The number of hydrogen-bond donors (Lipinski definition) is 1. The number of ether oxygens (including phenoxy) is 2. The molecule has 4 rings (SSSR count). The van der Waals surface area contributed by atoms with E-state index in [2.05, 4.69) is 10.2 Å². The molecule has 0 saturated carbocycles. The first-order chi connectivity index (χ1) is 15.1. The number of methoxy groups -OCH3 is 1. The predicted octanol–water partition coefficient (Wildman–Crippen LogP) is 4.43. The smallest absolute Gasteiger partial charge is 0.341 e. The van der Waals surface area contributed by atoms with Gasteiger partial charge in [0.25, 0.3) is 6.01 Å². The van der Waals surface area contributed by atoms with Gasteiger partial charge in [0.05, 0.1) is 18.7 Å². The fraction of sp³-hybridized carbons (Fsp3) is 0.391. The summed E-state index contributed by atoms with van der Waals surface area (Å²) in [4.78, 5) is 19.1. The molecule has 1 aliphatic heterocycles. The van der Waals surface area contributed by atoms with Crippen molar-refractivity contribution in [2.45, 2.75) is 32.4 Å². The molecule has 0 radical (unpaired) electrons. The van der Waals surface area contributed by atoms with Crippen molar-refractivity contribution in [3.8, 4) is 5.75 Å². The molecule has 164 valence electrons. The molecule has 2 aromatic carbocycles. The Balaban J connectivity index is 1.72. The number of hydrogen-bond acceptors (Lipinski definition) is 7. The first kappa shape index (κ1) is 21.5. The van der Waals surface area contributed by atoms with E-state index in [1.165, 1.54) is 7.11 Å². The lowest BCUT2D eigenvalue weighted by Gasteiger charge is -2.33. The van der Waals surface area contributed by atoms with Gasteiger partial charge >= 0.3 is 5.97 Å². The number of nitrogens with one attached hydrogen (secondary N) is 1. The van der Waals surface area contributed by atoms with Gasteiger partial charge in [-0.15, -0.1) is 0 Å². The first-order valence-electron chi connectivity index (χ1n) is 10.5. The normalized spacial score (nSPS) is 14.5. The third-order valence-electron chi connectivity index (χ3n) is 5.45. The molecule has 0 atom stereocenters. The van der Waals surface area contributed by atoms with Gasteiger partial charge in [0.2, 0.25) is 0 Å². The Morgan fingerprint density at radius 2 is 2.10 bits per heavy atom. The average Bonchev–Trinajstić information content (AvgIpc) is 3.23. The van der Waals surface area contributed by atoms with Crippen molar-refractivity contribution in [3.63, 3.8) is 0 Å². The van der Waals surface area contributed by atoms with Crippen LogP contribution in [0.4, 0.5) is 6.01 Å². The SMILES string of the molecule is CCOc1cc(CN(c2nc3cccc(C(=O)OC)c3o2)C2CCNCC2)ccc1Cl. The van der Waals surface area contributed by atoms with Gasteiger partial charge in [0.1, 0.15) is 16.8 Å². The lowest BCUT2D eigenvalue weighted by molar-refractivity contribution is 0.0602. The Morgan fingerprint density at radius 3 is 2.84 bits per heavy atom. The Kier molecular flexibility index (Phi) is 6.63. The lowest BCUT2D eigenvalue weighted by Crippen LogP contribution is -2.43. The fourth-order valence-corrected chi connectivity index (χ4v) is 4.08. The number of fused-ring (bicyclic) bond motifs is 1. The summed E-state index contributed by atoms with van der Waals surface area (Å²) in [6, 6.07) is 11.8. The minimum absolute atomic E-state index is 0.252. The highest BCUT2D eigenvalue weighted by atomic mass is 35.5. The summed E-state index contributed by atoms with van der Waals surface area (Å²) < 4.78 is 16.7. The van der Waals surface area contributed by atoms with Gasteiger partial charge in [-0.05, 0) is 62.7 Å². The van der Waals surface area contributed by atoms with Crippen LogP contribution in [-0.4, -0.2) is 43.8 Å². The number of anilines is 1. The van der Waals surface area contributed by atoms with Gasteiger partial charge in [0.15, 0.2) is 5.58 Å². The molecule has 0 spiro atoms. The summed E-state index contributed by atoms with van der Waals surface area (Å²) in [6.45, 7) is 4.92. The maximum atomic E-state index is 12.2. The molecule has 1 aromatic heterocycles. The van der Waals surface area contributed by atoms with Crippen LogP contribution in [0, 0.1) is 0 Å². The van der Waals surface area contributed by atoms with Gasteiger partial charge in [-0.25, -0.2) is 4.79 Å². The molecular formula is C23H26ClN3O4. The average molecular weight is 444 g/mol. The molecule has 0 unspecified atom stereocenters. The molecule has 7 nitrogen and oxygen atoms in total.